The molecule has 0 N–H and O–H groups in total. The van der Waals surface area contributed by atoms with Crippen molar-refractivity contribution >= 4 is 23.5 Å². The molecule has 0 aromatic rings. The minimum Gasteiger partial charge on any atom is -0.461 e. The molecular weight excluding hydrogens is 236 g/mol. The summed E-state index contributed by atoms with van der Waals surface area (Å²) < 4.78 is 5.49. The number of hydrogen-bond acceptors (Lipinski definition) is 4. The normalized spacial score (nSPS) is 46.7. The number of ether oxygens (including phenoxy) is 1. The van der Waals surface area contributed by atoms with E-state index in [4.69, 9.17) is 4.74 Å². The molecule has 2 bridgehead atoms. The third-order valence-electron chi connectivity index (χ3n) is 4.72. The van der Waals surface area contributed by atoms with Gasteiger partial charge in [0.2, 0.25) is 0 Å². The Morgan fingerprint density at radius 2 is 2.12 bits per heavy atom. The van der Waals surface area contributed by atoms with Crippen LogP contribution >= 0.6 is 11.8 Å². The van der Waals surface area contributed by atoms with Gasteiger partial charge in [-0.05, 0) is 18.6 Å². The highest BCUT2D eigenvalue weighted by Crippen LogP contribution is 2.61. The van der Waals surface area contributed by atoms with Crippen LogP contribution in [0, 0.1) is 29.6 Å². The van der Waals surface area contributed by atoms with E-state index in [9.17, 15) is 9.59 Å². The summed E-state index contributed by atoms with van der Waals surface area (Å²) in [6, 6.07) is 0. The molecule has 1 saturated heterocycles. The molecule has 3 nitrogen and oxygen atoms in total. The van der Waals surface area contributed by atoms with E-state index in [0.717, 1.165) is 6.42 Å². The third kappa shape index (κ3) is 1.36. The van der Waals surface area contributed by atoms with Crippen LogP contribution in [-0.2, 0) is 14.3 Å². The highest BCUT2D eigenvalue weighted by molar-refractivity contribution is 7.99. The lowest BCUT2D eigenvalue weighted by Gasteiger charge is -2.30. The second-order valence-electron chi connectivity index (χ2n) is 5.77. The van der Waals surface area contributed by atoms with E-state index in [1.165, 1.54) is 0 Å². The minimum absolute atomic E-state index is 0.0220. The monoisotopic (exact) mass is 254 g/mol. The minimum atomic E-state index is -0.122. The largest absolute Gasteiger partial charge is 0.461 e. The highest BCUT2D eigenvalue weighted by atomic mass is 32.2. The van der Waals surface area contributed by atoms with Crippen LogP contribution in [0.15, 0.2) is 0 Å². The average molecular weight is 254 g/mol. The summed E-state index contributed by atoms with van der Waals surface area (Å²) in [5, 5.41) is 0.343. The van der Waals surface area contributed by atoms with Gasteiger partial charge >= 0.3 is 5.97 Å². The molecule has 1 aliphatic heterocycles. The van der Waals surface area contributed by atoms with Gasteiger partial charge in [-0.3, -0.25) is 9.59 Å². The Labute approximate surface area is 106 Å². The van der Waals surface area contributed by atoms with Crippen molar-refractivity contribution in [3.8, 4) is 0 Å². The van der Waals surface area contributed by atoms with Crippen molar-refractivity contribution in [1.29, 1.82) is 0 Å². The van der Waals surface area contributed by atoms with Crippen LogP contribution in [0.3, 0.4) is 0 Å². The van der Waals surface area contributed by atoms with Gasteiger partial charge in [-0.25, -0.2) is 0 Å². The van der Waals surface area contributed by atoms with Crippen molar-refractivity contribution < 1.29 is 14.3 Å². The maximum absolute atomic E-state index is 12.3. The SMILES string of the molecule is CSC1[C@H]2C[C@@H]3[C@@H]1OC(=O)[C@H]3C2C(=O)C(C)C. The van der Waals surface area contributed by atoms with Crippen molar-refractivity contribution in [2.45, 2.75) is 31.6 Å². The first kappa shape index (κ1) is 11.6. The predicted octanol–water partition coefficient (Wildman–Crippen LogP) is 1.75. The Morgan fingerprint density at radius 1 is 1.41 bits per heavy atom. The molecule has 2 unspecified atom stereocenters. The summed E-state index contributed by atoms with van der Waals surface area (Å²) in [5.74, 6) is 0.668. The van der Waals surface area contributed by atoms with Gasteiger partial charge in [-0.15, -0.1) is 0 Å². The second-order valence-corrected chi connectivity index (χ2v) is 6.79. The van der Waals surface area contributed by atoms with Crippen molar-refractivity contribution in [2.75, 3.05) is 6.26 Å². The smallest absolute Gasteiger partial charge is 0.310 e. The van der Waals surface area contributed by atoms with Crippen LogP contribution in [-0.4, -0.2) is 29.4 Å². The first-order valence-electron chi connectivity index (χ1n) is 6.33. The second kappa shape index (κ2) is 3.74. The Kier molecular flexibility index (Phi) is 2.55. The Balaban J connectivity index is 1.96. The topological polar surface area (TPSA) is 43.4 Å². The lowest BCUT2D eigenvalue weighted by molar-refractivity contribution is -0.146. The van der Waals surface area contributed by atoms with Gasteiger partial charge in [-0.1, -0.05) is 13.8 Å². The van der Waals surface area contributed by atoms with E-state index in [1.807, 2.05) is 13.8 Å². The molecule has 1 heterocycles. The number of rotatable bonds is 3. The van der Waals surface area contributed by atoms with E-state index >= 15 is 0 Å². The molecule has 17 heavy (non-hydrogen) atoms. The van der Waals surface area contributed by atoms with Crippen LogP contribution in [0.25, 0.3) is 0 Å². The molecule has 2 aliphatic carbocycles. The molecular formula is C13H18O3S. The molecule has 6 atom stereocenters. The molecule has 0 aromatic heterocycles. The van der Waals surface area contributed by atoms with Gasteiger partial charge in [0.15, 0.2) is 0 Å². The molecule has 0 amide bonds. The van der Waals surface area contributed by atoms with Crippen molar-refractivity contribution in [3.05, 3.63) is 0 Å². The van der Waals surface area contributed by atoms with Crippen LogP contribution in [0.1, 0.15) is 20.3 Å². The molecule has 4 heteroatoms. The Morgan fingerprint density at radius 3 is 2.71 bits per heavy atom. The third-order valence-corrected chi connectivity index (χ3v) is 5.88. The molecule has 0 aromatic carbocycles. The molecule has 0 spiro atoms. The Hall–Kier alpha value is -0.510. The van der Waals surface area contributed by atoms with Gasteiger partial charge < -0.3 is 4.74 Å². The molecule has 3 fully saturated rings. The van der Waals surface area contributed by atoms with Gasteiger partial charge in [0.1, 0.15) is 11.9 Å². The summed E-state index contributed by atoms with van der Waals surface area (Å²) in [7, 11) is 0. The van der Waals surface area contributed by atoms with Crippen molar-refractivity contribution in [2.24, 2.45) is 29.6 Å². The fraction of sp³-hybridized carbons (Fsp3) is 0.846. The fourth-order valence-electron chi connectivity index (χ4n) is 4.07. The lowest BCUT2D eigenvalue weighted by atomic mass is 9.75. The molecule has 3 rings (SSSR count). The van der Waals surface area contributed by atoms with E-state index in [-0.39, 0.29) is 35.6 Å². The number of Topliss-reactive ketones (excluding diaryl/α,β-unsaturated/α-hetero) is 1. The van der Waals surface area contributed by atoms with E-state index in [2.05, 4.69) is 6.26 Å². The summed E-state index contributed by atoms with van der Waals surface area (Å²) in [5.41, 5.74) is 0. The maximum Gasteiger partial charge on any atom is 0.310 e. The average Bonchev–Trinajstić information content (AvgIpc) is 2.87. The molecule has 0 radical (unpaired) electrons. The zero-order chi connectivity index (χ0) is 12.3. The number of carbonyl (C=O) groups excluding carboxylic acids is 2. The molecule has 2 saturated carbocycles. The van der Waals surface area contributed by atoms with Gasteiger partial charge in [0, 0.05) is 23.0 Å². The highest BCUT2D eigenvalue weighted by Gasteiger charge is 2.67. The number of fused-ring (bicyclic) bond motifs is 1. The van der Waals surface area contributed by atoms with Crippen LogP contribution in [0.4, 0.5) is 0 Å². The van der Waals surface area contributed by atoms with Crippen LogP contribution in [0.5, 0.6) is 0 Å². The molecule has 3 aliphatic rings. The van der Waals surface area contributed by atoms with Gasteiger partial charge in [0.25, 0.3) is 0 Å². The lowest BCUT2D eigenvalue weighted by Crippen LogP contribution is -2.40. The van der Waals surface area contributed by atoms with E-state index < -0.39 is 0 Å². The fourth-order valence-corrected chi connectivity index (χ4v) is 5.23. The predicted molar refractivity (Wildman–Crippen MR) is 65.6 cm³/mol. The first-order valence-corrected chi connectivity index (χ1v) is 7.62. The zero-order valence-corrected chi connectivity index (χ0v) is 11.2. The molecule has 94 valence electrons. The van der Waals surface area contributed by atoms with Crippen molar-refractivity contribution in [1.82, 2.24) is 0 Å². The summed E-state index contributed by atoms with van der Waals surface area (Å²) in [6.45, 7) is 3.86. The van der Waals surface area contributed by atoms with Gasteiger partial charge in [-0.2, -0.15) is 11.8 Å². The summed E-state index contributed by atoms with van der Waals surface area (Å²) >= 11 is 1.76. The number of hydrogen-bond donors (Lipinski definition) is 0. The van der Waals surface area contributed by atoms with Crippen LogP contribution in [0.2, 0.25) is 0 Å². The van der Waals surface area contributed by atoms with E-state index in [1.54, 1.807) is 11.8 Å². The maximum atomic E-state index is 12.3. The number of thioether (sulfide) groups is 1. The number of esters is 1. The quantitative estimate of drug-likeness (QED) is 0.720. The van der Waals surface area contributed by atoms with Gasteiger partial charge in [0.05, 0.1) is 5.92 Å². The first-order chi connectivity index (χ1) is 8.06. The standard InChI is InChI=1S/C13H18O3S/c1-5(2)10(14)8-7-4-6-9(8)13(15)16-11(6)12(7)17-3/h5-9,11-12H,4H2,1-3H3/t6-,7-,8?,9+,11-,12?/m0/s1. The zero-order valence-electron chi connectivity index (χ0n) is 10.4. The summed E-state index contributed by atoms with van der Waals surface area (Å²) in [4.78, 5) is 24.2. The number of ketones is 1. The van der Waals surface area contributed by atoms with E-state index in [0.29, 0.717) is 17.1 Å². The summed E-state index contributed by atoms with van der Waals surface area (Å²) in [6.07, 6.45) is 3.16. The Bertz CT molecular complexity index is 379. The van der Waals surface area contributed by atoms with Crippen molar-refractivity contribution in [3.63, 3.8) is 0 Å². The van der Waals surface area contributed by atoms with Crippen LogP contribution < -0.4 is 0 Å². The number of carbonyl (C=O) groups is 2.